The summed E-state index contributed by atoms with van der Waals surface area (Å²) in [7, 11) is -3.46. The number of nitrogens with one attached hydrogen (secondary N) is 1. The molecule has 0 amide bonds. The first kappa shape index (κ1) is 13.9. The van der Waals surface area contributed by atoms with Crippen molar-refractivity contribution >= 4 is 32.9 Å². The molecule has 0 aliphatic carbocycles. The zero-order valence-electron chi connectivity index (χ0n) is 9.40. The second-order valence-electron chi connectivity index (χ2n) is 3.75. The minimum absolute atomic E-state index is 0.0176. The Morgan fingerprint density at radius 3 is 2.53 bits per heavy atom. The van der Waals surface area contributed by atoms with Gasteiger partial charge in [0.05, 0.1) is 5.25 Å². The van der Waals surface area contributed by atoms with Crippen LogP contribution in [0.2, 0.25) is 0 Å². The van der Waals surface area contributed by atoms with E-state index >= 15 is 0 Å². The van der Waals surface area contributed by atoms with Crippen LogP contribution in [-0.4, -0.2) is 18.7 Å². The molecule has 0 spiro atoms. The number of sulfonamides is 1. The third kappa shape index (κ3) is 3.37. The van der Waals surface area contributed by atoms with Gasteiger partial charge < -0.3 is 5.73 Å². The first-order valence-corrected chi connectivity index (χ1v) is 6.80. The molecule has 0 fully saturated rings. The molecule has 1 aromatic carbocycles. The van der Waals surface area contributed by atoms with Crippen molar-refractivity contribution in [1.29, 1.82) is 0 Å². The molecule has 3 N–H and O–H groups in total. The van der Waals surface area contributed by atoms with E-state index in [0.717, 1.165) is 6.07 Å². The van der Waals surface area contributed by atoms with Crippen LogP contribution in [0.25, 0.3) is 0 Å². The summed E-state index contributed by atoms with van der Waals surface area (Å²) in [5, 5.41) is -0.583. The Kier molecular flexibility index (Phi) is 4.05. The van der Waals surface area contributed by atoms with Gasteiger partial charge in [-0.05, 0) is 32.0 Å². The molecule has 17 heavy (non-hydrogen) atoms. The summed E-state index contributed by atoms with van der Waals surface area (Å²) in [6.07, 6.45) is 0. The number of anilines is 1. The Morgan fingerprint density at radius 2 is 2.06 bits per heavy atom. The van der Waals surface area contributed by atoms with Crippen LogP contribution < -0.4 is 10.5 Å². The van der Waals surface area contributed by atoms with Crippen LogP contribution in [0.15, 0.2) is 18.2 Å². The summed E-state index contributed by atoms with van der Waals surface area (Å²) in [5.41, 5.74) is 5.58. The van der Waals surface area contributed by atoms with Crippen molar-refractivity contribution in [3.63, 3.8) is 0 Å². The molecule has 0 heterocycles. The third-order valence-corrected chi connectivity index (χ3v) is 4.09. The SMILES string of the molecule is CC(C)S(=O)(=O)Nc1ccc(F)c(C(N)=S)c1. The molecule has 0 aromatic heterocycles. The summed E-state index contributed by atoms with van der Waals surface area (Å²) < 4.78 is 38.8. The number of benzene rings is 1. The smallest absolute Gasteiger partial charge is 0.235 e. The molecule has 4 nitrogen and oxygen atoms in total. The van der Waals surface area contributed by atoms with Crippen LogP contribution in [0.3, 0.4) is 0 Å². The molecule has 0 saturated heterocycles. The molecule has 0 aliphatic heterocycles. The zero-order chi connectivity index (χ0) is 13.2. The standard InChI is InChI=1S/C10H13FN2O2S2/c1-6(2)17(14,15)13-7-3-4-9(11)8(5-7)10(12)16/h3-6,13H,1-2H3,(H2,12,16). The van der Waals surface area contributed by atoms with E-state index in [1.807, 2.05) is 0 Å². The van der Waals surface area contributed by atoms with E-state index in [-0.39, 0.29) is 16.2 Å². The highest BCUT2D eigenvalue weighted by atomic mass is 32.2. The molecule has 7 heteroatoms. The molecule has 94 valence electrons. The molecule has 0 bridgehead atoms. The Bertz CT molecular complexity index is 541. The zero-order valence-corrected chi connectivity index (χ0v) is 11.0. The average molecular weight is 276 g/mol. The minimum Gasteiger partial charge on any atom is -0.389 e. The summed E-state index contributed by atoms with van der Waals surface area (Å²) in [5.74, 6) is -0.579. The van der Waals surface area contributed by atoms with E-state index in [0.29, 0.717) is 0 Å². The molecular formula is C10H13FN2O2S2. The molecule has 0 aliphatic rings. The van der Waals surface area contributed by atoms with Crippen LogP contribution in [0.5, 0.6) is 0 Å². The van der Waals surface area contributed by atoms with Crippen LogP contribution >= 0.6 is 12.2 Å². The lowest BCUT2D eigenvalue weighted by molar-refractivity contribution is 0.592. The normalized spacial score (nSPS) is 11.5. The van der Waals surface area contributed by atoms with E-state index in [9.17, 15) is 12.8 Å². The maximum atomic E-state index is 13.3. The van der Waals surface area contributed by atoms with Crippen molar-refractivity contribution < 1.29 is 12.8 Å². The monoisotopic (exact) mass is 276 g/mol. The van der Waals surface area contributed by atoms with Crippen molar-refractivity contribution in [2.75, 3.05) is 4.72 Å². The first-order valence-electron chi connectivity index (χ1n) is 4.85. The number of thiocarbonyl (C=S) groups is 1. The van der Waals surface area contributed by atoms with Gasteiger partial charge in [0.2, 0.25) is 10.0 Å². The van der Waals surface area contributed by atoms with Gasteiger partial charge in [0.15, 0.2) is 0 Å². The summed E-state index contributed by atoms with van der Waals surface area (Å²) in [6.45, 7) is 3.08. The fourth-order valence-corrected chi connectivity index (χ4v) is 1.91. The van der Waals surface area contributed by atoms with E-state index in [4.69, 9.17) is 5.73 Å². The van der Waals surface area contributed by atoms with Gasteiger partial charge in [-0.15, -0.1) is 0 Å². The average Bonchev–Trinajstić information content (AvgIpc) is 2.20. The van der Waals surface area contributed by atoms with Crippen molar-refractivity contribution in [2.45, 2.75) is 19.1 Å². The maximum absolute atomic E-state index is 13.3. The Labute approximate surface area is 105 Å². The van der Waals surface area contributed by atoms with Crippen molar-refractivity contribution in [2.24, 2.45) is 5.73 Å². The second-order valence-corrected chi connectivity index (χ2v) is 6.43. The minimum atomic E-state index is -3.46. The molecule has 0 unspecified atom stereocenters. The van der Waals surface area contributed by atoms with Gasteiger partial charge in [-0.2, -0.15) is 0 Å². The van der Waals surface area contributed by atoms with Gasteiger partial charge in [-0.3, -0.25) is 4.72 Å². The molecule has 0 radical (unpaired) electrons. The van der Waals surface area contributed by atoms with Crippen LogP contribution in [0, 0.1) is 5.82 Å². The molecule has 1 rings (SSSR count). The first-order chi connectivity index (χ1) is 7.74. The lowest BCUT2D eigenvalue weighted by Crippen LogP contribution is -2.23. The summed E-state index contributed by atoms with van der Waals surface area (Å²) in [4.78, 5) is -0.118. The van der Waals surface area contributed by atoms with E-state index in [1.54, 1.807) is 13.8 Å². The second kappa shape index (κ2) is 4.97. The van der Waals surface area contributed by atoms with E-state index in [1.165, 1.54) is 12.1 Å². The van der Waals surface area contributed by atoms with E-state index in [2.05, 4.69) is 16.9 Å². The maximum Gasteiger partial charge on any atom is 0.235 e. The summed E-state index contributed by atoms with van der Waals surface area (Å²) >= 11 is 4.66. The van der Waals surface area contributed by atoms with Crippen LogP contribution in [-0.2, 0) is 10.0 Å². The van der Waals surface area contributed by atoms with Gasteiger partial charge in [0, 0.05) is 11.3 Å². The summed E-state index contributed by atoms with van der Waals surface area (Å²) in [6, 6.07) is 3.71. The third-order valence-electron chi connectivity index (χ3n) is 2.11. The molecule has 0 saturated carbocycles. The topological polar surface area (TPSA) is 72.2 Å². The van der Waals surface area contributed by atoms with Crippen molar-refractivity contribution in [1.82, 2.24) is 0 Å². The lowest BCUT2D eigenvalue weighted by Gasteiger charge is -2.11. The highest BCUT2D eigenvalue weighted by Gasteiger charge is 2.16. The number of hydrogen-bond acceptors (Lipinski definition) is 3. The van der Waals surface area contributed by atoms with Gasteiger partial charge in [-0.25, -0.2) is 12.8 Å². The number of halogens is 1. The largest absolute Gasteiger partial charge is 0.389 e. The highest BCUT2D eigenvalue weighted by molar-refractivity contribution is 7.93. The number of hydrogen-bond donors (Lipinski definition) is 2. The predicted molar refractivity (Wildman–Crippen MR) is 70.0 cm³/mol. The fourth-order valence-electron chi connectivity index (χ4n) is 1.06. The fraction of sp³-hybridized carbons (Fsp3) is 0.300. The molecule has 0 atom stereocenters. The lowest BCUT2D eigenvalue weighted by atomic mass is 10.2. The highest BCUT2D eigenvalue weighted by Crippen LogP contribution is 2.17. The van der Waals surface area contributed by atoms with Gasteiger partial charge in [0.25, 0.3) is 0 Å². The van der Waals surface area contributed by atoms with Crippen LogP contribution in [0.4, 0.5) is 10.1 Å². The van der Waals surface area contributed by atoms with E-state index < -0.39 is 21.1 Å². The van der Waals surface area contributed by atoms with Crippen LogP contribution in [0.1, 0.15) is 19.4 Å². The van der Waals surface area contributed by atoms with Gasteiger partial charge in [-0.1, -0.05) is 12.2 Å². The van der Waals surface area contributed by atoms with Gasteiger partial charge >= 0.3 is 0 Å². The molecule has 1 aromatic rings. The number of nitrogens with two attached hydrogens (primary N) is 1. The Balaban J connectivity index is 3.10. The quantitative estimate of drug-likeness (QED) is 0.820. The number of rotatable bonds is 4. The Hall–Kier alpha value is -1.21. The molecular weight excluding hydrogens is 263 g/mol. The van der Waals surface area contributed by atoms with Crippen molar-refractivity contribution in [3.8, 4) is 0 Å². The van der Waals surface area contributed by atoms with Gasteiger partial charge in [0.1, 0.15) is 10.8 Å². The Morgan fingerprint density at radius 1 is 1.47 bits per heavy atom. The predicted octanol–water partition coefficient (Wildman–Crippen LogP) is 1.61. The van der Waals surface area contributed by atoms with Crippen molar-refractivity contribution in [3.05, 3.63) is 29.6 Å².